The van der Waals surface area contributed by atoms with Crippen LogP contribution in [0.15, 0.2) is 12.3 Å². The fourth-order valence-electron chi connectivity index (χ4n) is 0.762. The van der Waals surface area contributed by atoms with E-state index in [1.165, 1.54) is 12.3 Å². The molecule has 0 aromatic heterocycles. The van der Waals surface area contributed by atoms with Crippen molar-refractivity contribution in [3.05, 3.63) is 12.3 Å². The number of nitrogens with two attached hydrogens (primary N) is 1. The Morgan fingerprint density at radius 1 is 1.92 bits per heavy atom. The number of carbonyl (C=O) groups is 1. The molecule has 0 aromatic rings. The van der Waals surface area contributed by atoms with Gasteiger partial charge in [-0.3, -0.25) is 10.5 Å². The highest BCUT2D eigenvalue weighted by molar-refractivity contribution is 5.69. The van der Waals surface area contributed by atoms with E-state index in [4.69, 9.17) is 15.6 Å². The van der Waals surface area contributed by atoms with Gasteiger partial charge in [0.1, 0.15) is 0 Å². The van der Waals surface area contributed by atoms with Gasteiger partial charge in [0.15, 0.2) is 0 Å². The Labute approximate surface area is 69.8 Å². The first-order chi connectivity index (χ1) is 5.58. The van der Waals surface area contributed by atoms with Gasteiger partial charge >= 0.3 is 5.97 Å². The van der Waals surface area contributed by atoms with Crippen molar-refractivity contribution in [3.63, 3.8) is 0 Å². The molecule has 0 amide bonds. The molecule has 0 fully saturated rings. The zero-order valence-electron chi connectivity index (χ0n) is 6.69. The quantitative estimate of drug-likeness (QED) is 0.432. The molecular formula is C7H11NO4. The number of esters is 1. The van der Waals surface area contributed by atoms with E-state index in [0.717, 1.165) is 0 Å². The molecule has 2 unspecified atom stereocenters. The first kappa shape index (κ1) is 9.02. The van der Waals surface area contributed by atoms with Crippen molar-refractivity contribution in [2.24, 2.45) is 5.73 Å². The number of ether oxygens (including phenoxy) is 2. The van der Waals surface area contributed by atoms with Gasteiger partial charge in [0.2, 0.25) is 5.72 Å². The Bertz CT molecular complexity index is 215. The van der Waals surface area contributed by atoms with Gasteiger partial charge in [-0.1, -0.05) is 6.92 Å². The molecule has 0 spiro atoms. The summed E-state index contributed by atoms with van der Waals surface area (Å²) in [5.41, 5.74) is 3.95. The number of carbonyl (C=O) groups excluding carboxylic acids is 1. The van der Waals surface area contributed by atoms with Crippen LogP contribution in [0, 0.1) is 0 Å². The molecule has 0 saturated carbocycles. The molecule has 0 aliphatic carbocycles. The summed E-state index contributed by atoms with van der Waals surface area (Å²) in [7, 11) is 0. The van der Waals surface area contributed by atoms with Gasteiger partial charge in [0.05, 0.1) is 6.26 Å². The SMILES string of the molecule is CCC(=O)OC1(N)C=COC1O. The predicted octanol–water partition coefficient (Wildman–Crippen LogP) is -0.543. The van der Waals surface area contributed by atoms with E-state index >= 15 is 0 Å². The molecule has 1 aliphatic rings. The molecule has 0 bridgehead atoms. The van der Waals surface area contributed by atoms with Crippen molar-refractivity contribution < 1.29 is 19.4 Å². The summed E-state index contributed by atoms with van der Waals surface area (Å²) in [5, 5.41) is 9.11. The lowest BCUT2D eigenvalue weighted by Crippen LogP contribution is -2.50. The molecule has 5 nitrogen and oxygen atoms in total. The summed E-state index contributed by atoms with van der Waals surface area (Å²) in [6.07, 6.45) is 1.39. The van der Waals surface area contributed by atoms with Crippen LogP contribution >= 0.6 is 0 Å². The van der Waals surface area contributed by atoms with E-state index in [2.05, 4.69) is 4.74 Å². The van der Waals surface area contributed by atoms with Crippen LogP contribution in [-0.4, -0.2) is 23.1 Å². The summed E-state index contributed by atoms with van der Waals surface area (Å²) in [4.78, 5) is 10.8. The minimum Gasteiger partial charge on any atom is -0.467 e. The normalized spacial score (nSPS) is 33.1. The summed E-state index contributed by atoms with van der Waals surface area (Å²) >= 11 is 0. The largest absolute Gasteiger partial charge is 0.467 e. The third kappa shape index (κ3) is 1.57. The Balaban J connectivity index is 2.60. The molecular weight excluding hydrogens is 162 g/mol. The first-order valence-electron chi connectivity index (χ1n) is 3.60. The minimum atomic E-state index is -1.52. The van der Waals surface area contributed by atoms with Gasteiger partial charge in [-0.15, -0.1) is 0 Å². The highest BCUT2D eigenvalue weighted by atomic mass is 16.7. The van der Waals surface area contributed by atoms with Crippen LogP contribution in [0.4, 0.5) is 0 Å². The van der Waals surface area contributed by atoms with Crippen LogP contribution in [0.5, 0.6) is 0 Å². The minimum absolute atomic E-state index is 0.208. The molecule has 68 valence electrons. The number of aliphatic hydroxyl groups is 1. The standard InChI is InChI=1S/C7H11NO4/c1-2-5(9)12-7(8)3-4-11-6(7)10/h3-4,6,10H,2,8H2,1H3. The molecule has 1 rings (SSSR count). The van der Waals surface area contributed by atoms with Crippen LogP contribution < -0.4 is 5.73 Å². The van der Waals surface area contributed by atoms with E-state index in [0.29, 0.717) is 0 Å². The summed E-state index contributed by atoms with van der Waals surface area (Å²) in [6.45, 7) is 1.64. The Morgan fingerprint density at radius 2 is 2.58 bits per heavy atom. The van der Waals surface area contributed by atoms with E-state index in [1.54, 1.807) is 6.92 Å². The Kier molecular flexibility index (Phi) is 2.35. The molecule has 5 heteroatoms. The van der Waals surface area contributed by atoms with Crippen molar-refractivity contribution in [1.82, 2.24) is 0 Å². The highest BCUT2D eigenvalue weighted by Gasteiger charge is 2.40. The number of hydrogen-bond acceptors (Lipinski definition) is 5. The predicted molar refractivity (Wildman–Crippen MR) is 39.5 cm³/mol. The second-order valence-electron chi connectivity index (χ2n) is 2.47. The van der Waals surface area contributed by atoms with Crippen LogP contribution in [0.2, 0.25) is 0 Å². The molecule has 0 aromatic carbocycles. The third-order valence-electron chi connectivity index (χ3n) is 1.50. The maximum Gasteiger partial charge on any atom is 0.307 e. The van der Waals surface area contributed by atoms with Gasteiger partial charge in [-0.2, -0.15) is 0 Å². The van der Waals surface area contributed by atoms with Gasteiger partial charge in [-0.05, 0) is 0 Å². The average Bonchev–Trinajstić information content (AvgIpc) is 2.32. The Morgan fingerprint density at radius 3 is 3.00 bits per heavy atom. The van der Waals surface area contributed by atoms with Crippen molar-refractivity contribution in [3.8, 4) is 0 Å². The average molecular weight is 173 g/mol. The zero-order chi connectivity index (χ0) is 9.19. The monoisotopic (exact) mass is 173 g/mol. The summed E-state index contributed by atoms with van der Waals surface area (Å²) in [6, 6.07) is 0. The topological polar surface area (TPSA) is 81.8 Å². The van der Waals surface area contributed by atoms with Gasteiger partial charge in [0, 0.05) is 12.5 Å². The van der Waals surface area contributed by atoms with E-state index in [9.17, 15) is 4.79 Å². The molecule has 0 radical (unpaired) electrons. The summed E-state index contributed by atoms with van der Waals surface area (Å²) < 4.78 is 9.32. The van der Waals surface area contributed by atoms with Crippen LogP contribution in [0.3, 0.4) is 0 Å². The van der Waals surface area contributed by atoms with Gasteiger partial charge < -0.3 is 14.6 Å². The Hall–Kier alpha value is -1.07. The lowest BCUT2D eigenvalue weighted by molar-refractivity contribution is -0.187. The molecule has 2 atom stereocenters. The molecule has 1 aliphatic heterocycles. The van der Waals surface area contributed by atoms with Crippen molar-refractivity contribution in [2.45, 2.75) is 25.4 Å². The molecule has 12 heavy (non-hydrogen) atoms. The second-order valence-corrected chi connectivity index (χ2v) is 2.47. The summed E-state index contributed by atoms with van der Waals surface area (Å²) in [5.74, 6) is -0.480. The number of hydrogen-bond donors (Lipinski definition) is 2. The lowest BCUT2D eigenvalue weighted by Gasteiger charge is -2.24. The first-order valence-corrected chi connectivity index (χ1v) is 3.60. The number of rotatable bonds is 2. The smallest absolute Gasteiger partial charge is 0.307 e. The van der Waals surface area contributed by atoms with Gasteiger partial charge in [-0.25, -0.2) is 0 Å². The molecule has 1 heterocycles. The van der Waals surface area contributed by atoms with E-state index < -0.39 is 18.0 Å². The van der Waals surface area contributed by atoms with Crippen LogP contribution in [-0.2, 0) is 14.3 Å². The fraction of sp³-hybridized carbons (Fsp3) is 0.571. The zero-order valence-corrected chi connectivity index (χ0v) is 6.69. The van der Waals surface area contributed by atoms with Crippen molar-refractivity contribution in [2.75, 3.05) is 0 Å². The maximum absolute atomic E-state index is 10.8. The fourth-order valence-corrected chi connectivity index (χ4v) is 0.762. The molecule has 3 N–H and O–H groups in total. The maximum atomic E-state index is 10.8. The molecule has 0 saturated heterocycles. The van der Waals surface area contributed by atoms with E-state index in [1.807, 2.05) is 0 Å². The number of aliphatic hydroxyl groups excluding tert-OH is 1. The lowest BCUT2D eigenvalue weighted by atomic mass is 10.2. The van der Waals surface area contributed by atoms with E-state index in [-0.39, 0.29) is 6.42 Å². The van der Waals surface area contributed by atoms with Crippen LogP contribution in [0.25, 0.3) is 0 Å². The third-order valence-corrected chi connectivity index (χ3v) is 1.50. The second kappa shape index (κ2) is 3.12. The highest BCUT2D eigenvalue weighted by Crippen LogP contribution is 2.19. The van der Waals surface area contributed by atoms with Crippen LogP contribution in [0.1, 0.15) is 13.3 Å². The van der Waals surface area contributed by atoms with Crippen molar-refractivity contribution >= 4 is 5.97 Å². The van der Waals surface area contributed by atoms with Gasteiger partial charge in [0.25, 0.3) is 6.29 Å². The van der Waals surface area contributed by atoms with Crippen molar-refractivity contribution in [1.29, 1.82) is 0 Å².